The molecule has 2 aromatic rings. The van der Waals surface area contributed by atoms with Gasteiger partial charge in [0.2, 0.25) is 20.0 Å². The summed E-state index contributed by atoms with van der Waals surface area (Å²) in [6, 6.07) is 14.7. The van der Waals surface area contributed by atoms with Gasteiger partial charge in [-0.15, -0.1) is 0 Å². The molecule has 1 aliphatic rings. The Morgan fingerprint density at radius 3 is 1.67 bits per heavy atom. The standard InChI is InChI=1S/C19H24N2O4S2/c1-15(2)19-20(26(22,23)17-7-5-4-6-8-17)13-14-21(19)27(24,25)18-11-9-16(3)10-12-18/h4-12,15,19H,13-14H2,1-3H3/t19-/m0/s1. The molecule has 0 radical (unpaired) electrons. The smallest absolute Gasteiger partial charge is 0.207 e. The number of hydrogen-bond acceptors (Lipinski definition) is 4. The van der Waals surface area contributed by atoms with Gasteiger partial charge in [-0.05, 0) is 37.1 Å². The molecule has 2 aromatic carbocycles. The van der Waals surface area contributed by atoms with E-state index in [1.165, 1.54) is 20.7 Å². The van der Waals surface area contributed by atoms with E-state index in [4.69, 9.17) is 0 Å². The van der Waals surface area contributed by atoms with Crippen LogP contribution in [-0.4, -0.2) is 44.7 Å². The van der Waals surface area contributed by atoms with E-state index in [0.717, 1.165) is 5.56 Å². The van der Waals surface area contributed by atoms with Crippen LogP contribution in [0.5, 0.6) is 0 Å². The molecule has 1 atom stereocenters. The Labute approximate surface area is 161 Å². The van der Waals surface area contributed by atoms with Crippen LogP contribution in [-0.2, 0) is 20.0 Å². The van der Waals surface area contributed by atoms with Crippen molar-refractivity contribution >= 4 is 20.0 Å². The second kappa shape index (κ2) is 7.35. The van der Waals surface area contributed by atoms with Gasteiger partial charge in [0, 0.05) is 13.1 Å². The van der Waals surface area contributed by atoms with Crippen molar-refractivity contribution in [3.8, 4) is 0 Å². The minimum absolute atomic E-state index is 0.130. The molecule has 0 spiro atoms. The summed E-state index contributed by atoms with van der Waals surface area (Å²) in [7, 11) is -7.59. The third-order valence-electron chi connectivity index (χ3n) is 4.70. The average molecular weight is 409 g/mol. The van der Waals surface area contributed by atoms with Crippen LogP contribution in [0, 0.1) is 12.8 Å². The third-order valence-corrected chi connectivity index (χ3v) is 8.47. The molecule has 3 rings (SSSR count). The number of benzene rings is 2. The van der Waals surface area contributed by atoms with E-state index >= 15 is 0 Å². The highest BCUT2D eigenvalue weighted by molar-refractivity contribution is 7.90. The summed E-state index contributed by atoms with van der Waals surface area (Å²) < 4.78 is 55.2. The molecule has 146 valence electrons. The lowest BCUT2D eigenvalue weighted by molar-refractivity contribution is 0.219. The van der Waals surface area contributed by atoms with Crippen LogP contribution < -0.4 is 0 Å². The first-order valence-corrected chi connectivity index (χ1v) is 11.7. The Kier molecular flexibility index (Phi) is 5.45. The number of aryl methyl sites for hydroxylation is 1. The molecule has 1 aliphatic heterocycles. The molecule has 0 aromatic heterocycles. The van der Waals surface area contributed by atoms with Crippen molar-refractivity contribution in [1.82, 2.24) is 8.61 Å². The Morgan fingerprint density at radius 2 is 1.22 bits per heavy atom. The van der Waals surface area contributed by atoms with Gasteiger partial charge in [-0.1, -0.05) is 49.7 Å². The largest absolute Gasteiger partial charge is 0.244 e. The third kappa shape index (κ3) is 3.67. The molecule has 8 heteroatoms. The molecule has 0 aliphatic carbocycles. The zero-order chi connectivity index (χ0) is 19.8. The van der Waals surface area contributed by atoms with Crippen molar-refractivity contribution in [2.24, 2.45) is 5.92 Å². The predicted octanol–water partition coefficient (Wildman–Crippen LogP) is 2.67. The van der Waals surface area contributed by atoms with Crippen molar-refractivity contribution < 1.29 is 16.8 Å². The summed E-state index contributed by atoms with van der Waals surface area (Å²) in [5.41, 5.74) is 0.962. The fraction of sp³-hybridized carbons (Fsp3) is 0.368. The summed E-state index contributed by atoms with van der Waals surface area (Å²) in [4.78, 5) is 0.350. The molecule has 27 heavy (non-hydrogen) atoms. The topological polar surface area (TPSA) is 74.8 Å². The maximum Gasteiger partial charge on any atom is 0.244 e. The van der Waals surface area contributed by atoms with Gasteiger partial charge in [0.1, 0.15) is 0 Å². The Bertz CT molecular complexity index is 1000. The maximum atomic E-state index is 13.2. The van der Waals surface area contributed by atoms with Crippen molar-refractivity contribution in [1.29, 1.82) is 0 Å². The zero-order valence-corrected chi connectivity index (χ0v) is 17.2. The van der Waals surface area contributed by atoms with Crippen LogP contribution in [0.2, 0.25) is 0 Å². The first kappa shape index (κ1) is 20.0. The van der Waals surface area contributed by atoms with Crippen LogP contribution in [0.15, 0.2) is 64.4 Å². The highest BCUT2D eigenvalue weighted by atomic mass is 32.2. The molecule has 0 unspecified atom stereocenters. The van der Waals surface area contributed by atoms with E-state index in [-0.39, 0.29) is 28.8 Å². The molecular weight excluding hydrogens is 384 g/mol. The molecular formula is C19H24N2O4S2. The highest BCUT2D eigenvalue weighted by Crippen LogP contribution is 2.32. The molecule has 6 nitrogen and oxygen atoms in total. The number of rotatable bonds is 5. The minimum atomic E-state index is -3.80. The van der Waals surface area contributed by atoms with Gasteiger partial charge in [0.25, 0.3) is 0 Å². The lowest BCUT2D eigenvalue weighted by Crippen LogP contribution is -2.47. The van der Waals surface area contributed by atoms with E-state index < -0.39 is 26.2 Å². The Morgan fingerprint density at radius 1 is 0.778 bits per heavy atom. The van der Waals surface area contributed by atoms with E-state index in [2.05, 4.69) is 0 Å². The summed E-state index contributed by atoms with van der Waals surface area (Å²) in [6.07, 6.45) is -0.762. The Hall–Kier alpha value is -1.74. The maximum absolute atomic E-state index is 13.2. The fourth-order valence-electron chi connectivity index (χ4n) is 3.37. The highest BCUT2D eigenvalue weighted by Gasteiger charge is 2.46. The van der Waals surface area contributed by atoms with Crippen LogP contribution in [0.25, 0.3) is 0 Å². The molecule has 0 amide bonds. The van der Waals surface area contributed by atoms with Crippen LogP contribution in [0.1, 0.15) is 19.4 Å². The van der Waals surface area contributed by atoms with Crippen LogP contribution in [0.4, 0.5) is 0 Å². The quantitative estimate of drug-likeness (QED) is 0.762. The van der Waals surface area contributed by atoms with Gasteiger partial charge in [0.15, 0.2) is 0 Å². The van der Waals surface area contributed by atoms with E-state index in [9.17, 15) is 16.8 Å². The number of sulfonamides is 2. The van der Waals surface area contributed by atoms with Gasteiger partial charge in [-0.3, -0.25) is 0 Å². The SMILES string of the molecule is Cc1ccc(S(=O)(=O)N2CCN(S(=O)(=O)c3ccccc3)[C@@H]2C(C)C)cc1. The molecule has 1 fully saturated rings. The van der Waals surface area contributed by atoms with Crippen molar-refractivity contribution in [3.63, 3.8) is 0 Å². The minimum Gasteiger partial charge on any atom is -0.207 e. The molecule has 0 bridgehead atoms. The number of nitrogens with zero attached hydrogens (tertiary/aromatic N) is 2. The second-order valence-electron chi connectivity index (χ2n) is 7.02. The van der Waals surface area contributed by atoms with Crippen LogP contribution >= 0.6 is 0 Å². The summed E-state index contributed by atoms with van der Waals surface area (Å²) in [5, 5.41) is 0. The number of hydrogen-bond donors (Lipinski definition) is 0. The van der Waals surface area contributed by atoms with Crippen molar-refractivity contribution in [2.75, 3.05) is 13.1 Å². The fourth-order valence-corrected chi connectivity index (χ4v) is 6.88. The summed E-state index contributed by atoms with van der Waals surface area (Å²) >= 11 is 0. The van der Waals surface area contributed by atoms with Crippen molar-refractivity contribution in [2.45, 2.75) is 36.7 Å². The Balaban J connectivity index is 2.01. The summed E-state index contributed by atoms with van der Waals surface area (Å²) in [6.45, 7) is 5.82. The molecule has 0 saturated carbocycles. The lowest BCUT2D eigenvalue weighted by Gasteiger charge is -2.32. The van der Waals surface area contributed by atoms with Gasteiger partial charge in [0.05, 0.1) is 16.0 Å². The van der Waals surface area contributed by atoms with Gasteiger partial charge in [-0.2, -0.15) is 8.61 Å². The zero-order valence-electron chi connectivity index (χ0n) is 15.6. The molecule has 1 saturated heterocycles. The van der Waals surface area contributed by atoms with Gasteiger partial charge < -0.3 is 0 Å². The first-order chi connectivity index (χ1) is 12.7. The lowest BCUT2D eigenvalue weighted by atomic mass is 10.2. The van der Waals surface area contributed by atoms with Crippen LogP contribution in [0.3, 0.4) is 0 Å². The summed E-state index contributed by atoms with van der Waals surface area (Å²) in [5.74, 6) is -0.203. The monoisotopic (exact) mass is 408 g/mol. The van der Waals surface area contributed by atoms with Gasteiger partial charge >= 0.3 is 0 Å². The molecule has 1 heterocycles. The van der Waals surface area contributed by atoms with Gasteiger partial charge in [-0.25, -0.2) is 16.8 Å². The van der Waals surface area contributed by atoms with Crippen molar-refractivity contribution in [3.05, 3.63) is 60.2 Å². The predicted molar refractivity (Wildman–Crippen MR) is 104 cm³/mol. The van der Waals surface area contributed by atoms with E-state index in [0.29, 0.717) is 0 Å². The normalized spacial score (nSPS) is 19.6. The first-order valence-electron chi connectivity index (χ1n) is 8.81. The molecule has 0 N–H and O–H groups in total. The average Bonchev–Trinajstić information content (AvgIpc) is 3.10. The van der Waals surface area contributed by atoms with E-state index in [1.54, 1.807) is 42.5 Å². The second-order valence-corrected chi connectivity index (χ2v) is 10.8. The van der Waals surface area contributed by atoms with E-state index in [1.807, 2.05) is 20.8 Å².